The average Bonchev–Trinajstić information content (AvgIpc) is 2.54. The molecule has 1 aromatic rings. The van der Waals surface area contributed by atoms with Crippen molar-refractivity contribution in [1.82, 2.24) is 4.90 Å². The second-order valence-electron chi connectivity index (χ2n) is 6.26. The van der Waals surface area contributed by atoms with Gasteiger partial charge in [-0.1, -0.05) is 30.3 Å². The Morgan fingerprint density at radius 1 is 1.38 bits per heavy atom. The summed E-state index contributed by atoms with van der Waals surface area (Å²) < 4.78 is 5.43. The van der Waals surface area contributed by atoms with Crippen molar-refractivity contribution in [3.05, 3.63) is 35.9 Å². The van der Waals surface area contributed by atoms with Crippen molar-refractivity contribution >= 4 is 5.91 Å². The van der Waals surface area contributed by atoms with Gasteiger partial charge in [0, 0.05) is 26.2 Å². The predicted octanol–water partition coefficient (Wildman–Crippen LogP) is 1.93. The van der Waals surface area contributed by atoms with Crippen molar-refractivity contribution in [3.63, 3.8) is 0 Å². The van der Waals surface area contributed by atoms with Crippen LogP contribution in [-0.4, -0.2) is 43.2 Å². The molecule has 1 saturated heterocycles. The van der Waals surface area contributed by atoms with Gasteiger partial charge in [0.05, 0.1) is 11.5 Å². The van der Waals surface area contributed by atoms with E-state index in [1.54, 1.807) is 7.11 Å². The highest BCUT2D eigenvalue weighted by molar-refractivity contribution is 5.87. The zero-order valence-corrected chi connectivity index (χ0v) is 13.2. The van der Waals surface area contributed by atoms with Crippen LogP contribution in [0.3, 0.4) is 0 Å². The van der Waals surface area contributed by atoms with Crippen LogP contribution in [0.2, 0.25) is 0 Å². The Hall–Kier alpha value is -1.39. The summed E-state index contributed by atoms with van der Waals surface area (Å²) in [4.78, 5) is 15.0. The van der Waals surface area contributed by atoms with Gasteiger partial charge in [0.2, 0.25) is 5.91 Å². The minimum atomic E-state index is -0.533. The molecular formula is C17H26N2O2. The molecule has 4 heteroatoms. The first kappa shape index (κ1) is 16.0. The first-order chi connectivity index (χ1) is 10.0. The number of likely N-dealkylation sites (tertiary alicyclic amines) is 1. The largest absolute Gasteiger partial charge is 0.381 e. The highest BCUT2D eigenvalue weighted by Gasteiger charge is 2.39. The van der Waals surface area contributed by atoms with E-state index in [9.17, 15) is 4.79 Å². The van der Waals surface area contributed by atoms with Crippen molar-refractivity contribution in [2.24, 2.45) is 5.73 Å². The Labute approximate surface area is 127 Å². The molecule has 1 fully saturated rings. The summed E-state index contributed by atoms with van der Waals surface area (Å²) in [6.07, 6.45) is 1.91. The molecule has 1 amide bonds. The van der Waals surface area contributed by atoms with E-state index in [2.05, 4.69) is 0 Å². The van der Waals surface area contributed by atoms with E-state index >= 15 is 0 Å². The van der Waals surface area contributed by atoms with Crippen molar-refractivity contribution in [3.8, 4) is 0 Å². The fourth-order valence-corrected chi connectivity index (χ4v) is 3.06. The Balaban J connectivity index is 2.18. The fraction of sp³-hybridized carbons (Fsp3) is 0.588. The first-order valence-electron chi connectivity index (χ1n) is 7.60. The second kappa shape index (κ2) is 6.58. The summed E-state index contributed by atoms with van der Waals surface area (Å²) in [5.41, 5.74) is 6.39. The maximum Gasteiger partial charge on any atom is 0.232 e. The van der Waals surface area contributed by atoms with Gasteiger partial charge in [-0.25, -0.2) is 0 Å². The molecule has 1 aliphatic heterocycles. The highest BCUT2D eigenvalue weighted by atomic mass is 16.5. The molecule has 2 N–H and O–H groups in total. The minimum absolute atomic E-state index is 0.0687. The van der Waals surface area contributed by atoms with Crippen LogP contribution >= 0.6 is 0 Å². The highest BCUT2D eigenvalue weighted by Crippen LogP contribution is 2.29. The van der Waals surface area contributed by atoms with E-state index in [-0.39, 0.29) is 18.1 Å². The molecule has 116 valence electrons. The van der Waals surface area contributed by atoms with Gasteiger partial charge in [-0.05, 0) is 32.3 Å². The van der Waals surface area contributed by atoms with Crippen LogP contribution in [0.25, 0.3) is 0 Å². The molecule has 0 aliphatic carbocycles. The van der Waals surface area contributed by atoms with Crippen molar-refractivity contribution in [2.75, 3.05) is 20.2 Å². The van der Waals surface area contributed by atoms with Gasteiger partial charge in [0.15, 0.2) is 0 Å². The van der Waals surface area contributed by atoms with Gasteiger partial charge in [0.1, 0.15) is 0 Å². The van der Waals surface area contributed by atoms with Crippen LogP contribution < -0.4 is 5.73 Å². The number of nitrogens with two attached hydrogens (primary N) is 1. The van der Waals surface area contributed by atoms with Crippen LogP contribution in [0.4, 0.5) is 0 Å². The summed E-state index contributed by atoms with van der Waals surface area (Å²) in [7, 11) is 1.73. The summed E-state index contributed by atoms with van der Waals surface area (Å²) >= 11 is 0. The third-order valence-electron chi connectivity index (χ3n) is 4.56. The maximum atomic E-state index is 13.0. The van der Waals surface area contributed by atoms with Crippen LogP contribution in [-0.2, 0) is 14.9 Å². The average molecular weight is 290 g/mol. The number of benzene rings is 1. The van der Waals surface area contributed by atoms with Crippen molar-refractivity contribution in [2.45, 2.75) is 44.2 Å². The SMILES string of the molecule is COC1CCN(C(=O)C(C)(C)c2ccccc2)C(CN)C1. The molecule has 2 unspecified atom stereocenters. The Morgan fingerprint density at radius 3 is 2.62 bits per heavy atom. The molecular weight excluding hydrogens is 264 g/mol. The zero-order valence-electron chi connectivity index (χ0n) is 13.2. The minimum Gasteiger partial charge on any atom is -0.381 e. The number of methoxy groups -OCH3 is 1. The van der Waals surface area contributed by atoms with Gasteiger partial charge in [-0.2, -0.15) is 0 Å². The third kappa shape index (κ3) is 3.27. The van der Waals surface area contributed by atoms with Crippen LogP contribution in [0.1, 0.15) is 32.3 Å². The number of nitrogens with zero attached hydrogens (tertiary/aromatic N) is 1. The number of piperidine rings is 1. The van der Waals surface area contributed by atoms with E-state index in [0.717, 1.165) is 24.9 Å². The lowest BCUT2D eigenvalue weighted by Gasteiger charge is -2.42. The molecule has 0 spiro atoms. The Bertz CT molecular complexity index is 473. The third-order valence-corrected chi connectivity index (χ3v) is 4.56. The van der Waals surface area contributed by atoms with Crippen LogP contribution in [0.15, 0.2) is 30.3 Å². The molecule has 2 rings (SSSR count). The summed E-state index contributed by atoms with van der Waals surface area (Å²) in [6.45, 7) is 5.17. The Kier molecular flexibility index (Phi) is 5.01. The fourth-order valence-electron chi connectivity index (χ4n) is 3.06. The number of ether oxygens (including phenoxy) is 1. The molecule has 0 aromatic heterocycles. The monoisotopic (exact) mass is 290 g/mol. The standard InChI is InChI=1S/C17H26N2O2/c1-17(2,13-7-5-4-6-8-13)16(20)19-10-9-15(21-3)11-14(19)12-18/h4-8,14-15H,9-12,18H2,1-3H3. The smallest absolute Gasteiger partial charge is 0.232 e. The summed E-state index contributed by atoms with van der Waals surface area (Å²) in [5.74, 6) is 0.152. The van der Waals surface area contributed by atoms with E-state index < -0.39 is 5.41 Å². The number of rotatable bonds is 4. The Morgan fingerprint density at radius 2 is 2.05 bits per heavy atom. The second-order valence-corrected chi connectivity index (χ2v) is 6.26. The molecule has 0 bridgehead atoms. The molecule has 21 heavy (non-hydrogen) atoms. The molecule has 2 atom stereocenters. The topological polar surface area (TPSA) is 55.6 Å². The molecule has 0 saturated carbocycles. The maximum absolute atomic E-state index is 13.0. The molecule has 1 aromatic carbocycles. The van der Waals surface area contributed by atoms with Crippen LogP contribution in [0, 0.1) is 0 Å². The van der Waals surface area contributed by atoms with Gasteiger partial charge >= 0.3 is 0 Å². The van der Waals surface area contributed by atoms with Gasteiger partial charge < -0.3 is 15.4 Å². The summed E-state index contributed by atoms with van der Waals surface area (Å²) in [6, 6.07) is 10.0. The normalized spacial score (nSPS) is 23.1. The predicted molar refractivity (Wildman–Crippen MR) is 84.1 cm³/mol. The van der Waals surface area contributed by atoms with Crippen LogP contribution in [0.5, 0.6) is 0 Å². The lowest BCUT2D eigenvalue weighted by Crippen LogP contribution is -2.55. The zero-order chi connectivity index (χ0) is 15.5. The van der Waals surface area contributed by atoms with Gasteiger partial charge in [-0.3, -0.25) is 4.79 Å². The lowest BCUT2D eigenvalue weighted by atomic mass is 9.82. The van der Waals surface area contributed by atoms with E-state index in [0.29, 0.717) is 6.54 Å². The first-order valence-corrected chi connectivity index (χ1v) is 7.60. The number of hydrogen-bond acceptors (Lipinski definition) is 3. The number of hydrogen-bond donors (Lipinski definition) is 1. The molecule has 1 aliphatic rings. The van der Waals surface area contributed by atoms with Crippen molar-refractivity contribution in [1.29, 1.82) is 0 Å². The quantitative estimate of drug-likeness (QED) is 0.922. The van der Waals surface area contributed by atoms with E-state index in [1.807, 2.05) is 49.1 Å². The van der Waals surface area contributed by atoms with Crippen molar-refractivity contribution < 1.29 is 9.53 Å². The van der Waals surface area contributed by atoms with E-state index in [1.165, 1.54) is 0 Å². The molecule has 0 radical (unpaired) electrons. The number of carbonyl (C=O) groups is 1. The lowest BCUT2D eigenvalue weighted by molar-refractivity contribution is -0.142. The molecule has 4 nitrogen and oxygen atoms in total. The van der Waals surface area contributed by atoms with Gasteiger partial charge in [0.25, 0.3) is 0 Å². The number of carbonyl (C=O) groups excluding carboxylic acids is 1. The van der Waals surface area contributed by atoms with Gasteiger partial charge in [-0.15, -0.1) is 0 Å². The van der Waals surface area contributed by atoms with E-state index in [4.69, 9.17) is 10.5 Å². The molecule has 1 heterocycles. The number of amides is 1. The summed E-state index contributed by atoms with van der Waals surface area (Å²) in [5, 5.41) is 0.